The number of hydrogen-bond donors (Lipinski definition) is 2. The summed E-state index contributed by atoms with van der Waals surface area (Å²) in [7, 11) is 0. The molecule has 1 saturated heterocycles. The van der Waals surface area contributed by atoms with Crippen LogP contribution in [0.5, 0.6) is 0 Å². The summed E-state index contributed by atoms with van der Waals surface area (Å²) >= 11 is 0. The van der Waals surface area contributed by atoms with Gasteiger partial charge in [0.25, 0.3) is 0 Å². The molecule has 2 atom stereocenters. The van der Waals surface area contributed by atoms with E-state index in [0.717, 1.165) is 19.6 Å². The minimum atomic E-state index is -0.294. The highest BCUT2D eigenvalue weighted by Gasteiger charge is 2.20. The summed E-state index contributed by atoms with van der Waals surface area (Å²) < 4.78 is 0. The number of aliphatic hydroxyl groups excluding tert-OH is 1. The predicted octanol–water partition coefficient (Wildman–Crippen LogP) is -0.382. The highest BCUT2D eigenvalue weighted by Crippen LogP contribution is 2.04. The average Bonchev–Trinajstić information content (AvgIpc) is 1.88. The lowest BCUT2D eigenvalue weighted by atomic mass is 10.2. The molecular weight excluding hydrogens is 128 g/mol. The molecule has 0 saturated carbocycles. The van der Waals surface area contributed by atoms with Crippen molar-refractivity contribution in [3.05, 3.63) is 0 Å². The van der Waals surface area contributed by atoms with Crippen LogP contribution in [0.25, 0.3) is 0 Å². The topological polar surface area (TPSA) is 35.5 Å². The molecule has 0 aromatic carbocycles. The zero-order chi connectivity index (χ0) is 7.56. The molecule has 0 spiro atoms. The Balaban J connectivity index is 2.40. The molecule has 0 aromatic rings. The fourth-order valence-corrected chi connectivity index (χ4v) is 1.41. The van der Waals surface area contributed by atoms with Gasteiger partial charge in [-0.25, -0.2) is 0 Å². The van der Waals surface area contributed by atoms with Crippen LogP contribution in [0.15, 0.2) is 0 Å². The zero-order valence-corrected chi connectivity index (χ0v) is 6.67. The van der Waals surface area contributed by atoms with Crippen molar-refractivity contribution >= 4 is 0 Å². The molecule has 0 bridgehead atoms. The monoisotopic (exact) mass is 144 g/mol. The first-order valence-corrected chi connectivity index (χ1v) is 3.86. The second kappa shape index (κ2) is 3.32. The Morgan fingerprint density at radius 2 is 2.40 bits per heavy atom. The van der Waals surface area contributed by atoms with Gasteiger partial charge in [0.1, 0.15) is 6.23 Å². The van der Waals surface area contributed by atoms with Gasteiger partial charge in [-0.15, -0.1) is 0 Å². The van der Waals surface area contributed by atoms with Crippen LogP contribution in [0.2, 0.25) is 0 Å². The summed E-state index contributed by atoms with van der Waals surface area (Å²) in [5, 5.41) is 12.5. The van der Waals surface area contributed by atoms with Gasteiger partial charge in [-0.1, -0.05) is 0 Å². The normalized spacial score (nSPS) is 32.1. The van der Waals surface area contributed by atoms with Crippen molar-refractivity contribution in [2.24, 2.45) is 0 Å². The molecule has 0 aliphatic carbocycles. The molecule has 1 fully saturated rings. The molecule has 1 aliphatic rings. The molecule has 1 rings (SSSR count). The third-order valence-corrected chi connectivity index (χ3v) is 2.03. The lowest BCUT2D eigenvalue weighted by Gasteiger charge is -2.35. The summed E-state index contributed by atoms with van der Waals surface area (Å²) in [5.74, 6) is 0. The maximum Gasteiger partial charge on any atom is 0.104 e. The van der Waals surface area contributed by atoms with Crippen LogP contribution in [0.4, 0.5) is 0 Å². The van der Waals surface area contributed by atoms with Gasteiger partial charge in [0, 0.05) is 25.7 Å². The van der Waals surface area contributed by atoms with Crippen molar-refractivity contribution in [3.8, 4) is 0 Å². The molecular formula is C7H16N2O. The fourth-order valence-electron chi connectivity index (χ4n) is 1.41. The van der Waals surface area contributed by atoms with E-state index in [9.17, 15) is 5.11 Å². The standard InChI is InChI=1S/C7H16N2O/c1-6-5-8-3-4-9(6)7(2)10/h6-8,10H,3-5H2,1-2H3. The van der Waals surface area contributed by atoms with Gasteiger partial charge in [-0.05, 0) is 13.8 Å². The summed E-state index contributed by atoms with van der Waals surface area (Å²) in [5.41, 5.74) is 0. The van der Waals surface area contributed by atoms with Crippen molar-refractivity contribution in [3.63, 3.8) is 0 Å². The SMILES string of the molecule is CC(O)N1CCNCC1C. The lowest BCUT2D eigenvalue weighted by Crippen LogP contribution is -2.53. The molecule has 0 amide bonds. The Morgan fingerprint density at radius 3 is 2.80 bits per heavy atom. The molecule has 2 N–H and O–H groups in total. The van der Waals surface area contributed by atoms with Crippen molar-refractivity contribution < 1.29 is 5.11 Å². The minimum absolute atomic E-state index is 0.294. The molecule has 0 aromatic heterocycles. The van der Waals surface area contributed by atoms with Crippen LogP contribution >= 0.6 is 0 Å². The van der Waals surface area contributed by atoms with E-state index in [1.54, 1.807) is 0 Å². The molecule has 3 nitrogen and oxygen atoms in total. The van der Waals surface area contributed by atoms with Gasteiger partial charge in [0.15, 0.2) is 0 Å². The van der Waals surface area contributed by atoms with Gasteiger partial charge in [0.2, 0.25) is 0 Å². The first kappa shape index (κ1) is 7.98. The molecule has 60 valence electrons. The highest BCUT2D eigenvalue weighted by atomic mass is 16.3. The molecule has 3 heteroatoms. The van der Waals surface area contributed by atoms with Gasteiger partial charge >= 0.3 is 0 Å². The second-order valence-electron chi connectivity index (χ2n) is 2.92. The maximum absolute atomic E-state index is 9.25. The summed E-state index contributed by atoms with van der Waals surface area (Å²) in [4.78, 5) is 2.09. The first-order valence-electron chi connectivity index (χ1n) is 3.86. The van der Waals surface area contributed by atoms with E-state index in [-0.39, 0.29) is 6.23 Å². The molecule has 1 aliphatic heterocycles. The van der Waals surface area contributed by atoms with Crippen LogP contribution < -0.4 is 5.32 Å². The summed E-state index contributed by atoms with van der Waals surface area (Å²) in [6, 6.07) is 0.466. The van der Waals surface area contributed by atoms with E-state index < -0.39 is 0 Å². The number of hydrogen-bond acceptors (Lipinski definition) is 3. The summed E-state index contributed by atoms with van der Waals surface area (Å²) in [6.07, 6.45) is -0.294. The van der Waals surface area contributed by atoms with Crippen molar-refractivity contribution in [2.75, 3.05) is 19.6 Å². The predicted molar refractivity (Wildman–Crippen MR) is 40.7 cm³/mol. The number of piperazine rings is 1. The van der Waals surface area contributed by atoms with Gasteiger partial charge < -0.3 is 10.4 Å². The smallest absolute Gasteiger partial charge is 0.104 e. The van der Waals surface area contributed by atoms with E-state index in [4.69, 9.17) is 0 Å². The van der Waals surface area contributed by atoms with Gasteiger partial charge in [0.05, 0.1) is 0 Å². The fraction of sp³-hybridized carbons (Fsp3) is 1.00. The largest absolute Gasteiger partial charge is 0.379 e. The van der Waals surface area contributed by atoms with Crippen molar-refractivity contribution in [1.82, 2.24) is 10.2 Å². The van der Waals surface area contributed by atoms with Gasteiger partial charge in [-0.3, -0.25) is 4.90 Å². The number of nitrogens with zero attached hydrogens (tertiary/aromatic N) is 1. The Hall–Kier alpha value is -0.120. The lowest BCUT2D eigenvalue weighted by molar-refractivity contribution is -0.0168. The van der Waals surface area contributed by atoms with Crippen LogP contribution in [-0.2, 0) is 0 Å². The Morgan fingerprint density at radius 1 is 1.70 bits per heavy atom. The van der Waals surface area contributed by atoms with E-state index in [1.807, 2.05) is 6.92 Å². The molecule has 0 radical (unpaired) electrons. The Labute approximate surface area is 62.0 Å². The molecule has 2 unspecified atom stereocenters. The quantitative estimate of drug-likeness (QED) is 0.526. The highest BCUT2D eigenvalue weighted by molar-refractivity contribution is 4.75. The molecule has 1 heterocycles. The third-order valence-electron chi connectivity index (χ3n) is 2.03. The number of aliphatic hydroxyl groups is 1. The maximum atomic E-state index is 9.25. The van der Waals surface area contributed by atoms with Crippen LogP contribution in [0, 0.1) is 0 Å². The van der Waals surface area contributed by atoms with Gasteiger partial charge in [-0.2, -0.15) is 0 Å². The van der Waals surface area contributed by atoms with Crippen LogP contribution in [0.1, 0.15) is 13.8 Å². The second-order valence-corrected chi connectivity index (χ2v) is 2.92. The van der Waals surface area contributed by atoms with E-state index in [2.05, 4.69) is 17.1 Å². The van der Waals surface area contributed by atoms with E-state index in [1.165, 1.54) is 0 Å². The van der Waals surface area contributed by atoms with Crippen LogP contribution in [-0.4, -0.2) is 41.9 Å². The first-order chi connectivity index (χ1) is 4.72. The number of rotatable bonds is 1. The van der Waals surface area contributed by atoms with E-state index in [0.29, 0.717) is 6.04 Å². The number of nitrogens with one attached hydrogen (secondary N) is 1. The minimum Gasteiger partial charge on any atom is -0.379 e. The Bertz CT molecular complexity index is 106. The van der Waals surface area contributed by atoms with E-state index >= 15 is 0 Å². The average molecular weight is 144 g/mol. The third kappa shape index (κ3) is 1.68. The van der Waals surface area contributed by atoms with Crippen molar-refractivity contribution in [1.29, 1.82) is 0 Å². The zero-order valence-electron chi connectivity index (χ0n) is 6.67. The molecule has 10 heavy (non-hydrogen) atoms. The summed E-state index contributed by atoms with van der Waals surface area (Å²) in [6.45, 7) is 6.89. The van der Waals surface area contributed by atoms with Crippen molar-refractivity contribution in [2.45, 2.75) is 26.1 Å². The van der Waals surface area contributed by atoms with Crippen LogP contribution in [0.3, 0.4) is 0 Å². The Kier molecular flexibility index (Phi) is 2.65.